The maximum absolute atomic E-state index is 4.75. The van der Waals surface area contributed by atoms with Gasteiger partial charge in [-0.3, -0.25) is 4.40 Å². The lowest BCUT2D eigenvalue weighted by Gasteiger charge is -2.10. The number of imidazole rings is 1. The number of hydrogen-bond donors (Lipinski definition) is 0. The van der Waals surface area contributed by atoms with E-state index in [1.165, 1.54) is 47.4 Å². The summed E-state index contributed by atoms with van der Waals surface area (Å²) < 4.78 is 7.16. The van der Waals surface area contributed by atoms with E-state index in [9.17, 15) is 0 Å². The molecule has 0 spiro atoms. The molecule has 5 heterocycles. The largest absolute Gasteiger partial charge is 0.309 e. The topological polar surface area (TPSA) is 35.1 Å². The van der Waals surface area contributed by atoms with E-state index in [1.54, 1.807) is 0 Å². The Kier molecular flexibility index (Phi) is 3.64. The summed E-state index contributed by atoms with van der Waals surface area (Å²) in [5.74, 6) is 0. The van der Waals surface area contributed by atoms with Gasteiger partial charge in [0.05, 0.1) is 11.0 Å². The van der Waals surface area contributed by atoms with Crippen LogP contribution in [-0.4, -0.2) is 18.9 Å². The molecule has 0 unspecified atom stereocenters. The summed E-state index contributed by atoms with van der Waals surface area (Å²) in [6.45, 7) is 0. The van der Waals surface area contributed by atoms with Crippen molar-refractivity contribution in [3.63, 3.8) is 0 Å². The first-order valence-corrected chi connectivity index (χ1v) is 13.2. The molecule has 172 valence electrons. The highest BCUT2D eigenvalue weighted by Crippen LogP contribution is 2.44. The van der Waals surface area contributed by atoms with Crippen molar-refractivity contribution in [2.75, 3.05) is 0 Å². The first-order chi connectivity index (χ1) is 18.4. The molecule has 0 atom stereocenters. The monoisotopic (exact) mass is 490 g/mol. The van der Waals surface area contributed by atoms with Crippen LogP contribution in [0, 0.1) is 0 Å². The first-order valence-electron chi connectivity index (χ1n) is 12.3. The second-order valence-electron chi connectivity index (χ2n) is 9.52. The molecular weight excluding hydrogens is 472 g/mol. The summed E-state index contributed by atoms with van der Waals surface area (Å²) in [4.78, 5) is 9.48. The molecule has 0 aliphatic rings. The molecule has 0 bridgehead atoms. The van der Waals surface area contributed by atoms with Crippen LogP contribution in [0.3, 0.4) is 0 Å². The lowest BCUT2D eigenvalue weighted by atomic mass is 10.0. The zero-order valence-electron chi connectivity index (χ0n) is 19.6. The highest BCUT2D eigenvalue weighted by Gasteiger charge is 2.20. The summed E-state index contributed by atoms with van der Waals surface area (Å²) >= 11 is 1.89. The Labute approximate surface area is 214 Å². The van der Waals surface area contributed by atoms with Gasteiger partial charge >= 0.3 is 0 Å². The SMILES string of the molecule is c1ccc(-n2c3cc4c(cc3c3c5sc6ccccc6c5ccc32)c2cccnc2n2ccnc42)cc1. The van der Waals surface area contributed by atoms with Crippen LogP contribution in [0.5, 0.6) is 0 Å². The predicted octanol–water partition coefficient (Wildman–Crippen LogP) is 8.50. The summed E-state index contributed by atoms with van der Waals surface area (Å²) in [5.41, 5.74) is 5.42. The van der Waals surface area contributed by atoms with Crippen LogP contribution < -0.4 is 0 Å². The number of para-hydroxylation sites is 1. The lowest BCUT2D eigenvalue weighted by Crippen LogP contribution is -1.95. The van der Waals surface area contributed by atoms with Crippen LogP contribution in [0.4, 0.5) is 0 Å². The molecule has 9 aromatic rings. The van der Waals surface area contributed by atoms with Crippen molar-refractivity contribution < 1.29 is 0 Å². The van der Waals surface area contributed by atoms with Gasteiger partial charge in [0, 0.05) is 66.0 Å². The first kappa shape index (κ1) is 19.4. The van der Waals surface area contributed by atoms with Crippen molar-refractivity contribution >= 4 is 80.8 Å². The van der Waals surface area contributed by atoms with Gasteiger partial charge in [0.2, 0.25) is 0 Å². The quantitative estimate of drug-likeness (QED) is 0.216. The summed E-state index contributed by atoms with van der Waals surface area (Å²) in [7, 11) is 0. The fourth-order valence-electron chi connectivity index (χ4n) is 6.06. The number of fused-ring (bicyclic) bond motifs is 13. The number of aromatic nitrogens is 4. The van der Waals surface area contributed by atoms with Crippen LogP contribution in [0.1, 0.15) is 0 Å². The van der Waals surface area contributed by atoms with Crippen LogP contribution in [0.2, 0.25) is 0 Å². The van der Waals surface area contributed by atoms with Crippen molar-refractivity contribution in [1.82, 2.24) is 18.9 Å². The minimum absolute atomic E-state index is 0.931. The average molecular weight is 491 g/mol. The molecule has 5 aromatic heterocycles. The number of rotatable bonds is 1. The molecule has 0 aliphatic heterocycles. The van der Waals surface area contributed by atoms with Gasteiger partial charge in [0.15, 0.2) is 0 Å². The molecule has 0 N–H and O–H groups in total. The Morgan fingerprint density at radius 2 is 1.38 bits per heavy atom. The van der Waals surface area contributed by atoms with Gasteiger partial charge in [0.25, 0.3) is 0 Å². The Hall–Kier alpha value is -4.74. The normalized spacial score (nSPS) is 12.3. The van der Waals surface area contributed by atoms with Crippen LogP contribution in [0.25, 0.3) is 75.1 Å². The molecule has 37 heavy (non-hydrogen) atoms. The van der Waals surface area contributed by atoms with Gasteiger partial charge < -0.3 is 4.57 Å². The van der Waals surface area contributed by atoms with Crippen molar-refractivity contribution in [1.29, 1.82) is 0 Å². The number of thiophene rings is 1. The fraction of sp³-hybridized carbons (Fsp3) is 0. The molecule has 0 amide bonds. The van der Waals surface area contributed by atoms with E-state index in [-0.39, 0.29) is 0 Å². The number of nitrogens with zero attached hydrogens (tertiary/aromatic N) is 4. The van der Waals surface area contributed by atoms with E-state index in [2.05, 4.69) is 93.9 Å². The molecule has 0 aliphatic carbocycles. The third-order valence-corrected chi connectivity index (χ3v) is 8.82. The maximum atomic E-state index is 4.75. The number of benzene rings is 4. The number of pyridine rings is 2. The minimum Gasteiger partial charge on any atom is -0.309 e. The Balaban J connectivity index is 1.58. The zero-order chi connectivity index (χ0) is 24.1. The van der Waals surface area contributed by atoms with Gasteiger partial charge in [-0.05, 0) is 53.9 Å². The molecular formula is C32H18N4S. The van der Waals surface area contributed by atoms with E-state index in [0.29, 0.717) is 0 Å². The smallest absolute Gasteiger partial charge is 0.146 e. The standard InChI is InChI=1S/C32H18N4S/c1-2-7-19(8-3-1)36-26-13-12-21-20-9-4-5-11-28(20)37-30(21)29(26)25-17-23-22-10-6-14-33-31(22)35-16-15-34-32(35)24(23)18-27(25)36/h1-18H. The number of hydrogen-bond acceptors (Lipinski definition) is 3. The van der Waals surface area contributed by atoms with Crippen molar-refractivity contribution in [3.05, 3.63) is 110 Å². The van der Waals surface area contributed by atoms with E-state index in [4.69, 9.17) is 9.97 Å². The predicted molar refractivity (Wildman–Crippen MR) is 155 cm³/mol. The van der Waals surface area contributed by atoms with Crippen LogP contribution in [-0.2, 0) is 0 Å². The van der Waals surface area contributed by atoms with Crippen molar-refractivity contribution in [2.45, 2.75) is 0 Å². The summed E-state index contributed by atoms with van der Waals surface area (Å²) in [6.07, 6.45) is 5.72. The third-order valence-electron chi connectivity index (χ3n) is 7.61. The van der Waals surface area contributed by atoms with E-state index in [1.807, 2.05) is 36.0 Å². The second-order valence-corrected chi connectivity index (χ2v) is 10.6. The second kappa shape index (κ2) is 6.93. The molecule has 4 nitrogen and oxygen atoms in total. The van der Waals surface area contributed by atoms with E-state index in [0.717, 1.165) is 27.8 Å². The van der Waals surface area contributed by atoms with Gasteiger partial charge in [0.1, 0.15) is 11.3 Å². The fourth-order valence-corrected chi connectivity index (χ4v) is 7.32. The molecule has 0 saturated heterocycles. The van der Waals surface area contributed by atoms with E-state index >= 15 is 0 Å². The molecule has 0 saturated carbocycles. The molecule has 0 fully saturated rings. The van der Waals surface area contributed by atoms with Crippen molar-refractivity contribution in [3.8, 4) is 5.69 Å². The van der Waals surface area contributed by atoms with E-state index < -0.39 is 0 Å². The highest BCUT2D eigenvalue weighted by molar-refractivity contribution is 7.26. The Morgan fingerprint density at radius 1 is 0.568 bits per heavy atom. The Bertz CT molecular complexity index is 2360. The van der Waals surface area contributed by atoms with Gasteiger partial charge in [-0.1, -0.05) is 42.5 Å². The van der Waals surface area contributed by atoms with Crippen molar-refractivity contribution in [2.24, 2.45) is 0 Å². The van der Waals surface area contributed by atoms with Gasteiger partial charge in [-0.15, -0.1) is 11.3 Å². The average Bonchev–Trinajstić information content (AvgIpc) is 3.66. The maximum Gasteiger partial charge on any atom is 0.146 e. The van der Waals surface area contributed by atoms with Crippen LogP contribution >= 0.6 is 11.3 Å². The zero-order valence-corrected chi connectivity index (χ0v) is 20.4. The molecule has 4 aromatic carbocycles. The Morgan fingerprint density at radius 3 is 2.32 bits per heavy atom. The highest BCUT2D eigenvalue weighted by atomic mass is 32.1. The van der Waals surface area contributed by atoms with Crippen LogP contribution in [0.15, 0.2) is 110 Å². The minimum atomic E-state index is 0.931. The summed E-state index contributed by atoms with van der Waals surface area (Å²) in [6, 6.07) is 32.9. The molecule has 0 radical (unpaired) electrons. The van der Waals surface area contributed by atoms with Gasteiger partial charge in [-0.25, -0.2) is 9.97 Å². The third kappa shape index (κ3) is 2.46. The van der Waals surface area contributed by atoms with Gasteiger partial charge in [-0.2, -0.15) is 0 Å². The summed E-state index contributed by atoms with van der Waals surface area (Å²) in [5, 5.41) is 8.64. The molecule has 9 rings (SSSR count). The molecule has 5 heteroatoms. The lowest BCUT2D eigenvalue weighted by molar-refractivity contribution is 1.18.